The minimum atomic E-state index is -4.61. The van der Waals surface area contributed by atoms with Gasteiger partial charge in [-0.3, -0.25) is 4.79 Å². The molecule has 0 aliphatic rings. The summed E-state index contributed by atoms with van der Waals surface area (Å²) in [6.07, 6.45) is -4.61. The van der Waals surface area contributed by atoms with Gasteiger partial charge in [-0.25, -0.2) is 4.79 Å². The molecule has 23 heavy (non-hydrogen) atoms. The molecule has 0 saturated heterocycles. The van der Waals surface area contributed by atoms with Gasteiger partial charge in [-0.2, -0.15) is 13.2 Å². The van der Waals surface area contributed by atoms with E-state index in [1.807, 2.05) is 0 Å². The highest BCUT2D eigenvalue weighted by atomic mass is 19.4. The highest BCUT2D eigenvalue weighted by molar-refractivity contribution is 6.11. The van der Waals surface area contributed by atoms with E-state index in [2.05, 4.69) is 10.1 Å². The molecular weight excluding hydrogens is 311 g/mol. The van der Waals surface area contributed by atoms with Gasteiger partial charge in [0.15, 0.2) is 0 Å². The topological polar surface area (TPSA) is 55.4 Å². The number of halogens is 3. The number of para-hydroxylation sites is 1. The molecule has 2 rings (SSSR count). The van der Waals surface area contributed by atoms with E-state index in [0.29, 0.717) is 0 Å². The number of nitrogens with one attached hydrogen (secondary N) is 1. The maximum absolute atomic E-state index is 12.9. The lowest BCUT2D eigenvalue weighted by Gasteiger charge is -2.14. The van der Waals surface area contributed by atoms with Crippen molar-refractivity contribution in [3.8, 4) is 0 Å². The lowest BCUT2D eigenvalue weighted by atomic mass is 10.1. The van der Waals surface area contributed by atoms with E-state index in [1.54, 1.807) is 0 Å². The van der Waals surface area contributed by atoms with Gasteiger partial charge in [0.05, 0.1) is 29.5 Å². The van der Waals surface area contributed by atoms with Gasteiger partial charge in [-0.05, 0) is 24.3 Å². The Morgan fingerprint density at radius 1 is 0.957 bits per heavy atom. The van der Waals surface area contributed by atoms with E-state index in [4.69, 9.17) is 0 Å². The van der Waals surface area contributed by atoms with Crippen molar-refractivity contribution in [3.05, 3.63) is 65.2 Å². The number of anilines is 1. The number of carbonyl (C=O) groups is 2. The third-order valence-electron chi connectivity index (χ3n) is 3.06. The third kappa shape index (κ3) is 3.68. The minimum Gasteiger partial charge on any atom is -0.465 e. The van der Waals surface area contributed by atoms with Gasteiger partial charge >= 0.3 is 12.1 Å². The number of esters is 1. The molecule has 0 aliphatic heterocycles. The standard InChI is InChI=1S/C16H12F3NO3/c1-23-15(22)11-7-3-2-6-10(11)14(21)20-13-9-5-4-8-12(13)16(17,18)19/h2-9H,1H3,(H,20,21). The smallest absolute Gasteiger partial charge is 0.418 e. The number of carbonyl (C=O) groups excluding carboxylic acids is 2. The van der Waals surface area contributed by atoms with Crippen molar-refractivity contribution in [2.24, 2.45) is 0 Å². The normalized spacial score (nSPS) is 11.0. The van der Waals surface area contributed by atoms with Crippen molar-refractivity contribution in [2.75, 3.05) is 12.4 Å². The molecule has 0 fully saturated rings. The van der Waals surface area contributed by atoms with E-state index in [-0.39, 0.29) is 16.8 Å². The van der Waals surface area contributed by atoms with Crippen LogP contribution in [-0.4, -0.2) is 19.0 Å². The molecule has 4 nitrogen and oxygen atoms in total. The predicted octanol–water partition coefficient (Wildman–Crippen LogP) is 3.74. The van der Waals surface area contributed by atoms with E-state index in [9.17, 15) is 22.8 Å². The van der Waals surface area contributed by atoms with Crippen molar-refractivity contribution in [1.29, 1.82) is 0 Å². The summed E-state index contributed by atoms with van der Waals surface area (Å²) < 4.78 is 43.4. The molecule has 120 valence electrons. The van der Waals surface area contributed by atoms with Gasteiger partial charge in [0, 0.05) is 0 Å². The van der Waals surface area contributed by atoms with Crippen LogP contribution < -0.4 is 5.32 Å². The van der Waals surface area contributed by atoms with E-state index in [1.165, 1.54) is 36.4 Å². The SMILES string of the molecule is COC(=O)c1ccccc1C(=O)Nc1ccccc1C(F)(F)F. The number of alkyl halides is 3. The number of ether oxygens (including phenoxy) is 1. The van der Waals surface area contributed by atoms with Crippen molar-refractivity contribution in [1.82, 2.24) is 0 Å². The van der Waals surface area contributed by atoms with Gasteiger partial charge in [0.1, 0.15) is 0 Å². The molecule has 1 N–H and O–H groups in total. The summed E-state index contributed by atoms with van der Waals surface area (Å²) in [5.74, 6) is -1.58. The Kier molecular flexibility index (Phi) is 4.68. The van der Waals surface area contributed by atoms with Crippen LogP contribution in [0.2, 0.25) is 0 Å². The molecular formula is C16H12F3NO3. The predicted molar refractivity (Wildman–Crippen MR) is 77.2 cm³/mol. The van der Waals surface area contributed by atoms with Crippen LogP contribution in [0.25, 0.3) is 0 Å². The van der Waals surface area contributed by atoms with Crippen molar-refractivity contribution < 1.29 is 27.5 Å². The summed E-state index contributed by atoms with van der Waals surface area (Å²) in [7, 11) is 1.15. The quantitative estimate of drug-likeness (QED) is 0.875. The van der Waals surface area contributed by atoms with Gasteiger partial charge in [-0.1, -0.05) is 24.3 Å². The molecule has 0 bridgehead atoms. The Balaban J connectivity index is 2.37. The zero-order valence-electron chi connectivity index (χ0n) is 12.0. The number of amides is 1. The number of hydrogen-bond acceptors (Lipinski definition) is 3. The Labute approximate surface area is 129 Å². The molecule has 0 unspecified atom stereocenters. The second-order valence-electron chi connectivity index (χ2n) is 4.53. The maximum atomic E-state index is 12.9. The fourth-order valence-corrected chi connectivity index (χ4v) is 2.00. The summed E-state index contributed by atoms with van der Waals surface area (Å²) in [4.78, 5) is 23.9. The Morgan fingerprint density at radius 3 is 2.13 bits per heavy atom. The van der Waals surface area contributed by atoms with Crippen molar-refractivity contribution in [3.63, 3.8) is 0 Å². The van der Waals surface area contributed by atoms with Gasteiger partial charge in [0.2, 0.25) is 0 Å². The van der Waals surface area contributed by atoms with E-state index in [0.717, 1.165) is 19.2 Å². The zero-order valence-corrected chi connectivity index (χ0v) is 12.0. The first-order valence-corrected chi connectivity index (χ1v) is 6.49. The van der Waals surface area contributed by atoms with E-state index >= 15 is 0 Å². The Bertz CT molecular complexity index is 741. The second kappa shape index (κ2) is 6.51. The Hall–Kier alpha value is -2.83. The molecule has 0 heterocycles. The molecule has 0 atom stereocenters. The lowest BCUT2D eigenvalue weighted by molar-refractivity contribution is -0.136. The maximum Gasteiger partial charge on any atom is 0.418 e. The Morgan fingerprint density at radius 2 is 1.52 bits per heavy atom. The highest BCUT2D eigenvalue weighted by Crippen LogP contribution is 2.34. The highest BCUT2D eigenvalue weighted by Gasteiger charge is 2.33. The molecule has 0 radical (unpaired) electrons. The monoisotopic (exact) mass is 323 g/mol. The van der Waals surface area contributed by atoms with Gasteiger partial charge < -0.3 is 10.1 Å². The molecule has 1 amide bonds. The number of rotatable bonds is 3. The van der Waals surface area contributed by atoms with Crippen LogP contribution in [0.3, 0.4) is 0 Å². The molecule has 2 aromatic carbocycles. The first-order chi connectivity index (χ1) is 10.8. The lowest BCUT2D eigenvalue weighted by Crippen LogP contribution is -2.19. The second-order valence-corrected chi connectivity index (χ2v) is 4.53. The van der Waals surface area contributed by atoms with Crippen LogP contribution >= 0.6 is 0 Å². The van der Waals surface area contributed by atoms with E-state index < -0.39 is 23.6 Å². The summed E-state index contributed by atoms with van der Waals surface area (Å²) in [5, 5.41) is 2.19. The van der Waals surface area contributed by atoms with Crippen LogP contribution in [0.5, 0.6) is 0 Å². The average Bonchev–Trinajstić information content (AvgIpc) is 2.53. The molecule has 0 aromatic heterocycles. The molecule has 0 saturated carbocycles. The van der Waals surface area contributed by atoms with Crippen LogP contribution in [0.15, 0.2) is 48.5 Å². The first kappa shape index (κ1) is 16.5. The number of hydrogen-bond donors (Lipinski definition) is 1. The molecule has 0 spiro atoms. The third-order valence-corrected chi connectivity index (χ3v) is 3.06. The first-order valence-electron chi connectivity index (χ1n) is 6.49. The minimum absolute atomic E-state index is 0.0306. The van der Waals surface area contributed by atoms with Crippen molar-refractivity contribution in [2.45, 2.75) is 6.18 Å². The van der Waals surface area contributed by atoms with Gasteiger partial charge in [0.25, 0.3) is 5.91 Å². The average molecular weight is 323 g/mol. The number of methoxy groups -OCH3 is 1. The summed E-state index contributed by atoms with van der Waals surface area (Å²) in [6, 6.07) is 10.3. The van der Waals surface area contributed by atoms with Crippen LogP contribution in [0.4, 0.5) is 18.9 Å². The summed E-state index contributed by atoms with van der Waals surface area (Å²) in [5.41, 5.74) is -1.46. The largest absolute Gasteiger partial charge is 0.465 e. The van der Waals surface area contributed by atoms with Gasteiger partial charge in [-0.15, -0.1) is 0 Å². The van der Waals surface area contributed by atoms with Crippen LogP contribution in [-0.2, 0) is 10.9 Å². The zero-order chi connectivity index (χ0) is 17.0. The summed E-state index contributed by atoms with van der Waals surface area (Å²) >= 11 is 0. The van der Waals surface area contributed by atoms with Crippen LogP contribution in [0, 0.1) is 0 Å². The summed E-state index contributed by atoms with van der Waals surface area (Å²) in [6.45, 7) is 0. The number of benzene rings is 2. The fourth-order valence-electron chi connectivity index (χ4n) is 2.00. The molecule has 7 heteroatoms. The molecule has 2 aromatic rings. The fraction of sp³-hybridized carbons (Fsp3) is 0.125. The van der Waals surface area contributed by atoms with Crippen molar-refractivity contribution >= 4 is 17.6 Å². The van der Waals surface area contributed by atoms with Crippen LogP contribution in [0.1, 0.15) is 26.3 Å². The molecule has 0 aliphatic carbocycles.